The standard InChI is InChI=1S/C17H14BrN5O5/c18-10-4-6-19-14(8-10)21-17(26)20-5-1-7-22-15(24)12-3-2-11(23(27)28)9-13(12)16(22)25/h2-4,6,8-9H,1,5,7H2,(H2,19,20,21,26). The van der Waals surface area contributed by atoms with Crippen molar-refractivity contribution in [3.05, 3.63) is 62.2 Å². The number of anilines is 1. The molecule has 4 amide bonds. The van der Waals surface area contributed by atoms with Crippen molar-refractivity contribution < 1.29 is 19.3 Å². The second-order valence-electron chi connectivity index (χ2n) is 5.84. The van der Waals surface area contributed by atoms with Gasteiger partial charge in [-0.05, 0) is 24.6 Å². The summed E-state index contributed by atoms with van der Waals surface area (Å²) in [4.78, 5) is 51.7. The smallest absolute Gasteiger partial charge is 0.320 e. The van der Waals surface area contributed by atoms with E-state index in [-0.39, 0.29) is 29.9 Å². The van der Waals surface area contributed by atoms with Gasteiger partial charge in [-0.1, -0.05) is 15.9 Å². The van der Waals surface area contributed by atoms with Gasteiger partial charge in [-0.2, -0.15) is 0 Å². The number of amides is 4. The number of nitrogens with zero attached hydrogens (tertiary/aromatic N) is 3. The van der Waals surface area contributed by atoms with Crippen LogP contribution in [0.4, 0.5) is 16.3 Å². The summed E-state index contributed by atoms with van der Waals surface area (Å²) in [5.74, 6) is -0.710. The molecule has 0 atom stereocenters. The van der Waals surface area contributed by atoms with E-state index in [2.05, 4.69) is 31.5 Å². The fourth-order valence-corrected chi connectivity index (χ4v) is 3.00. The van der Waals surface area contributed by atoms with Gasteiger partial charge in [0.2, 0.25) is 0 Å². The largest absolute Gasteiger partial charge is 0.338 e. The van der Waals surface area contributed by atoms with Crippen LogP contribution in [-0.4, -0.2) is 45.7 Å². The number of urea groups is 1. The molecule has 0 aliphatic carbocycles. The fourth-order valence-electron chi connectivity index (χ4n) is 2.67. The molecule has 0 spiro atoms. The summed E-state index contributed by atoms with van der Waals surface area (Å²) in [6.07, 6.45) is 1.86. The van der Waals surface area contributed by atoms with Gasteiger partial charge in [-0.25, -0.2) is 9.78 Å². The lowest BCUT2D eigenvalue weighted by Gasteiger charge is -2.14. The van der Waals surface area contributed by atoms with E-state index in [1.165, 1.54) is 18.3 Å². The number of carbonyl (C=O) groups excluding carboxylic acids is 3. The van der Waals surface area contributed by atoms with Crippen LogP contribution in [0.15, 0.2) is 41.0 Å². The van der Waals surface area contributed by atoms with E-state index < -0.39 is 22.8 Å². The van der Waals surface area contributed by atoms with Gasteiger partial charge in [0.15, 0.2) is 0 Å². The number of fused-ring (bicyclic) bond motifs is 1. The van der Waals surface area contributed by atoms with Gasteiger partial charge >= 0.3 is 6.03 Å². The highest BCUT2D eigenvalue weighted by Gasteiger charge is 2.36. The Morgan fingerprint density at radius 1 is 1.18 bits per heavy atom. The van der Waals surface area contributed by atoms with E-state index in [9.17, 15) is 24.5 Å². The van der Waals surface area contributed by atoms with E-state index in [1.807, 2.05) is 0 Å². The van der Waals surface area contributed by atoms with E-state index in [4.69, 9.17) is 0 Å². The minimum Gasteiger partial charge on any atom is -0.338 e. The Hall–Kier alpha value is -3.34. The predicted octanol–water partition coefficient (Wildman–Crippen LogP) is 2.56. The molecule has 0 saturated heterocycles. The van der Waals surface area contributed by atoms with Crippen LogP contribution in [0.5, 0.6) is 0 Å². The number of benzene rings is 1. The summed E-state index contributed by atoms with van der Waals surface area (Å²) in [6, 6.07) is 6.46. The molecule has 3 rings (SSSR count). The molecule has 10 nitrogen and oxygen atoms in total. The van der Waals surface area contributed by atoms with Gasteiger partial charge < -0.3 is 5.32 Å². The molecule has 0 radical (unpaired) electrons. The van der Waals surface area contributed by atoms with Crippen molar-refractivity contribution in [3.8, 4) is 0 Å². The normalized spacial score (nSPS) is 12.7. The second-order valence-corrected chi connectivity index (χ2v) is 6.76. The third kappa shape index (κ3) is 4.14. The van der Waals surface area contributed by atoms with E-state index >= 15 is 0 Å². The second kappa shape index (κ2) is 8.13. The average molecular weight is 448 g/mol. The minimum absolute atomic E-state index is 0.0191. The van der Waals surface area contributed by atoms with Gasteiger partial charge in [-0.3, -0.25) is 29.9 Å². The Kier molecular flexibility index (Phi) is 5.64. The molecular formula is C17H14BrN5O5. The summed E-state index contributed by atoms with van der Waals surface area (Å²) in [6.45, 7) is 0.295. The van der Waals surface area contributed by atoms with Crippen LogP contribution in [0.1, 0.15) is 27.1 Å². The Bertz CT molecular complexity index is 980. The molecule has 1 aliphatic heterocycles. The van der Waals surface area contributed by atoms with Crippen molar-refractivity contribution in [3.63, 3.8) is 0 Å². The molecule has 144 valence electrons. The van der Waals surface area contributed by atoms with Gasteiger partial charge in [-0.15, -0.1) is 0 Å². The molecule has 2 heterocycles. The Morgan fingerprint density at radius 2 is 1.93 bits per heavy atom. The van der Waals surface area contributed by atoms with Gasteiger partial charge in [0, 0.05) is 35.9 Å². The molecule has 1 aliphatic rings. The first kappa shape index (κ1) is 19.4. The zero-order valence-electron chi connectivity index (χ0n) is 14.3. The maximum Gasteiger partial charge on any atom is 0.320 e. The SMILES string of the molecule is O=C(NCCCN1C(=O)c2ccc([N+](=O)[O-])cc2C1=O)Nc1cc(Br)ccn1. The summed E-state index contributed by atoms with van der Waals surface area (Å²) in [5.41, 5.74) is -0.0890. The van der Waals surface area contributed by atoms with Gasteiger partial charge in [0.1, 0.15) is 5.82 Å². The molecule has 2 N–H and O–H groups in total. The van der Waals surface area contributed by atoms with Crippen molar-refractivity contribution in [1.82, 2.24) is 15.2 Å². The lowest BCUT2D eigenvalue weighted by molar-refractivity contribution is -0.384. The summed E-state index contributed by atoms with van der Waals surface area (Å²) < 4.78 is 0.767. The number of pyridine rings is 1. The monoisotopic (exact) mass is 447 g/mol. The van der Waals surface area contributed by atoms with Crippen LogP contribution in [-0.2, 0) is 0 Å². The van der Waals surface area contributed by atoms with Crippen molar-refractivity contribution in [2.75, 3.05) is 18.4 Å². The number of hydrogen-bond donors (Lipinski definition) is 2. The molecule has 0 unspecified atom stereocenters. The first-order chi connectivity index (χ1) is 13.4. The summed E-state index contributed by atoms with van der Waals surface area (Å²) >= 11 is 3.27. The first-order valence-electron chi connectivity index (χ1n) is 8.18. The van der Waals surface area contributed by atoms with Crippen LogP contribution in [0, 0.1) is 10.1 Å². The number of carbonyl (C=O) groups is 3. The van der Waals surface area contributed by atoms with Crippen molar-refractivity contribution in [2.24, 2.45) is 0 Å². The van der Waals surface area contributed by atoms with Crippen molar-refractivity contribution in [2.45, 2.75) is 6.42 Å². The van der Waals surface area contributed by atoms with Crippen LogP contribution < -0.4 is 10.6 Å². The zero-order chi connectivity index (χ0) is 20.3. The molecule has 11 heteroatoms. The molecule has 0 saturated carbocycles. The number of imide groups is 1. The van der Waals surface area contributed by atoms with Gasteiger partial charge in [0.05, 0.1) is 16.1 Å². The molecule has 1 aromatic carbocycles. The summed E-state index contributed by atoms with van der Waals surface area (Å²) in [5, 5.41) is 16.0. The highest BCUT2D eigenvalue weighted by molar-refractivity contribution is 9.10. The van der Waals surface area contributed by atoms with Crippen molar-refractivity contribution in [1.29, 1.82) is 0 Å². The van der Waals surface area contributed by atoms with Gasteiger partial charge in [0.25, 0.3) is 17.5 Å². The number of nitro groups is 1. The Balaban J connectivity index is 1.51. The first-order valence-corrected chi connectivity index (χ1v) is 8.97. The molecule has 2 aromatic rings. The maximum absolute atomic E-state index is 12.4. The molecular weight excluding hydrogens is 434 g/mol. The summed E-state index contributed by atoms with van der Waals surface area (Å²) in [7, 11) is 0. The zero-order valence-corrected chi connectivity index (χ0v) is 15.9. The molecule has 1 aromatic heterocycles. The number of rotatable bonds is 6. The number of non-ortho nitro benzene ring substituents is 1. The topological polar surface area (TPSA) is 135 Å². The Labute approximate surface area is 167 Å². The van der Waals surface area contributed by atoms with Crippen LogP contribution in [0.3, 0.4) is 0 Å². The third-order valence-electron chi connectivity index (χ3n) is 3.97. The maximum atomic E-state index is 12.4. The molecule has 0 fully saturated rings. The highest BCUT2D eigenvalue weighted by Crippen LogP contribution is 2.26. The van der Waals surface area contributed by atoms with E-state index in [1.54, 1.807) is 12.1 Å². The third-order valence-corrected chi connectivity index (χ3v) is 4.47. The van der Waals surface area contributed by atoms with E-state index in [0.29, 0.717) is 12.2 Å². The average Bonchev–Trinajstić information content (AvgIpc) is 2.89. The Morgan fingerprint density at radius 3 is 2.64 bits per heavy atom. The lowest BCUT2D eigenvalue weighted by atomic mass is 10.1. The van der Waals surface area contributed by atoms with Crippen molar-refractivity contribution >= 4 is 45.3 Å². The number of aromatic nitrogens is 1. The van der Waals surface area contributed by atoms with Crippen LogP contribution >= 0.6 is 15.9 Å². The van der Waals surface area contributed by atoms with Crippen LogP contribution in [0.2, 0.25) is 0 Å². The number of halogens is 1. The number of nitro benzene ring substituents is 1. The molecule has 0 bridgehead atoms. The lowest BCUT2D eigenvalue weighted by Crippen LogP contribution is -2.35. The quantitative estimate of drug-likeness (QED) is 0.302. The number of hydrogen-bond acceptors (Lipinski definition) is 6. The van der Waals surface area contributed by atoms with Crippen LogP contribution in [0.25, 0.3) is 0 Å². The molecule has 28 heavy (non-hydrogen) atoms. The highest BCUT2D eigenvalue weighted by atomic mass is 79.9. The van der Waals surface area contributed by atoms with E-state index in [0.717, 1.165) is 15.4 Å². The minimum atomic E-state index is -0.622. The number of nitrogens with one attached hydrogen (secondary N) is 2. The predicted molar refractivity (Wildman–Crippen MR) is 102 cm³/mol. The fraction of sp³-hybridized carbons (Fsp3) is 0.176.